The lowest BCUT2D eigenvalue weighted by atomic mass is 10.3. The third kappa shape index (κ3) is 265. The minimum Gasteiger partial charge on any atom is -0.435 e. The topological polar surface area (TPSA) is 285 Å². The third-order valence-electron chi connectivity index (χ3n) is 10.9. The number of azide groups is 1. The van der Waals surface area contributed by atoms with Gasteiger partial charge in [-0.25, -0.2) is 18.8 Å². The highest BCUT2D eigenvalue weighted by Gasteiger charge is 2.23. The zero-order valence-electron chi connectivity index (χ0n) is 98.5. The number of nitrogens with zero attached hydrogens (tertiary/aromatic N) is 3. The van der Waals surface area contributed by atoms with Gasteiger partial charge in [0.05, 0.1) is 130 Å². The van der Waals surface area contributed by atoms with Gasteiger partial charge in [-0.1, -0.05) is 210 Å². The van der Waals surface area contributed by atoms with Gasteiger partial charge in [-0.3, -0.25) is 0 Å². The maximum absolute atomic E-state index is 11.8. The van der Waals surface area contributed by atoms with Crippen molar-refractivity contribution in [1.29, 1.82) is 0 Å². The molecule has 26 nitrogen and oxygen atoms in total. The molecule has 0 amide bonds. The molecule has 0 bridgehead atoms. The average molecular weight is 2280 g/mol. The smallest absolute Gasteiger partial charge is 0.435 e. The Hall–Kier alpha value is -0.750. The summed E-state index contributed by atoms with van der Waals surface area (Å²) in [6.45, 7) is 102. The Labute approximate surface area is 918 Å². The summed E-state index contributed by atoms with van der Waals surface area (Å²) in [5, 5.41) is 3.87. The van der Waals surface area contributed by atoms with E-state index in [9.17, 15) is 27.6 Å². The maximum Gasteiger partial charge on any atom is 0.508 e. The summed E-state index contributed by atoms with van der Waals surface area (Å²) < 4.78 is 134. The standard InChI is InChI=1S/C10H14OS.C8H18OS2.C7H12O3.C7H16OS2.C7H16OS.2C6H12O3.2C6H14OS2.C6H12O.C5H10F2O.C5H11FO.C5H12OS2.C5H12O.C4H9N3O.2C4H10O/c1-9(2)11-8-12-10-6-4-3-5-7-10;1-7(2)9-6-10-11-8(3,4)5;1-4-5-9-7(8)10-6(2)3;1-6(2)8-5-9-10-7(3)4;1-5-9-7(4)8-6(2)3;2*1-4-8-6(7)9-5(2)3;1-5(2)7-6(3)9-8-4;1-4-8-9-5-7-6(2)3;1-4-5-7-6(2)3;1-4(2)8-5(3,6)7;1-4(2)7-5(3)6;1-5(2)6-4-8-7-3;1-4-6-5(2)3;1-4(2)8-3-6-7-5;2*1-4(2)5-3/h3-7,9H,8H2,1-2H3;7H,6H2,1-5H3;4,6H,1,5H2,2-3H3;6-7H,5H2,1-4H3;6-7H,5H2,1-4H3;2*5H,4H2,1-3H3;5-6H,1-4H3;6H,4-5H2,1-3H3;4,6H,1,5H2,2-3H3;4H,1-3H3;4-5H,1-3H3;5H,4H2,1-3H3;5H,4H2,1-3H3;4H,3H2,1-2H3;2*4H,1-3H3. The number of methoxy groups -OCH3 is 2. The Kier molecular flexibility index (Phi) is 172. The highest BCUT2D eigenvalue weighted by molar-refractivity contribution is 8.78. The van der Waals surface area contributed by atoms with E-state index in [1.165, 1.54) is 17.9 Å². The van der Waals surface area contributed by atoms with E-state index >= 15 is 0 Å². The Morgan fingerprint density at radius 1 is 0.394 bits per heavy atom. The molecule has 1 aromatic carbocycles. The normalized spacial score (nSPS) is 11.1. The molecule has 864 valence electrons. The monoisotopic (exact) mass is 2280 g/mol. The predicted octanol–water partition coefficient (Wildman–Crippen LogP) is 35.7. The van der Waals surface area contributed by atoms with Crippen LogP contribution in [0, 0.1) is 0 Å². The summed E-state index contributed by atoms with van der Waals surface area (Å²) in [5.41, 5.74) is 8.43. The number of hydrogen-bond acceptors (Lipinski definition) is 36. The molecule has 0 N–H and O–H groups in total. The number of carbonyl (C=O) groups excluding carboxylic acids is 3. The molecule has 0 spiro atoms. The van der Waals surface area contributed by atoms with E-state index in [1.54, 1.807) is 191 Å². The van der Waals surface area contributed by atoms with Crippen LogP contribution >= 0.6 is 131 Å². The molecule has 0 aliphatic heterocycles. The first-order valence-corrected chi connectivity index (χ1v) is 63.0. The molecule has 3 unspecified atom stereocenters. The second-order valence-corrected chi connectivity index (χ2v) is 50.0. The second kappa shape index (κ2) is 138. The summed E-state index contributed by atoms with van der Waals surface area (Å²) in [5.74, 6) is 6.25. The minimum absolute atomic E-state index is 0.000000000000000222. The minimum atomic E-state index is -2.98. The number of thioether (sulfide) groups is 2. The molecular weight excluding hydrogens is 2060 g/mol. The fraction of sp³-hybridized carbons (Fsp3) is 0.871. The Bertz CT molecular complexity index is 2540. The Balaban J connectivity index is -0.0000000852. The van der Waals surface area contributed by atoms with Gasteiger partial charge in [0.15, 0.2) is 6.36 Å². The quantitative estimate of drug-likeness (QED) is 0.00559. The zero-order valence-corrected chi connectivity index (χ0v) is 108. The Morgan fingerprint density at radius 3 is 0.993 bits per heavy atom. The molecule has 0 aromatic heterocycles. The lowest BCUT2D eigenvalue weighted by Crippen LogP contribution is -2.20. The van der Waals surface area contributed by atoms with Crippen molar-refractivity contribution in [3.05, 3.63) is 66.1 Å². The van der Waals surface area contributed by atoms with Gasteiger partial charge >= 0.3 is 24.6 Å². The molecule has 3 atom stereocenters. The van der Waals surface area contributed by atoms with Crippen molar-refractivity contribution in [2.45, 2.75) is 474 Å². The van der Waals surface area contributed by atoms with Crippen LogP contribution in [0.2, 0.25) is 0 Å². The molecule has 41 heteroatoms. The molecule has 0 saturated carbocycles. The summed E-state index contributed by atoms with van der Waals surface area (Å²) in [7, 11) is 21.3. The van der Waals surface area contributed by atoms with Crippen LogP contribution in [0.1, 0.15) is 332 Å². The zero-order chi connectivity index (χ0) is 115. The van der Waals surface area contributed by atoms with Crippen LogP contribution in [-0.4, -0.2) is 263 Å². The maximum atomic E-state index is 11.8. The van der Waals surface area contributed by atoms with E-state index in [2.05, 4.69) is 211 Å². The van der Waals surface area contributed by atoms with Gasteiger partial charge in [-0.05, 0) is 313 Å². The molecule has 0 fully saturated rings. The first-order chi connectivity index (χ1) is 65.6. The van der Waals surface area contributed by atoms with Gasteiger partial charge < -0.3 is 94.7 Å². The van der Waals surface area contributed by atoms with Crippen LogP contribution in [0.5, 0.6) is 0 Å². The molecule has 1 aromatic rings. The molecular formula is C101H214F3N3O23S12. The second-order valence-electron chi connectivity index (χ2n) is 33.5. The van der Waals surface area contributed by atoms with Crippen LogP contribution < -0.4 is 0 Å². The van der Waals surface area contributed by atoms with Gasteiger partial charge in [0.1, 0.15) is 48.0 Å². The summed E-state index contributed by atoms with van der Waals surface area (Å²) in [6.07, 6.45) is 4.82. The van der Waals surface area contributed by atoms with E-state index < -0.39 is 37.0 Å². The van der Waals surface area contributed by atoms with E-state index in [0.717, 1.165) is 54.7 Å². The number of carbonyl (C=O) groups is 3. The molecule has 142 heavy (non-hydrogen) atoms. The van der Waals surface area contributed by atoms with Crippen molar-refractivity contribution in [2.75, 3.05) is 108 Å². The van der Waals surface area contributed by atoms with Gasteiger partial charge in [0, 0.05) is 53.3 Å². The summed E-state index contributed by atoms with van der Waals surface area (Å²) in [6, 6.07) is 10.3. The largest absolute Gasteiger partial charge is 0.508 e. The number of alkyl halides is 3. The van der Waals surface area contributed by atoms with Crippen molar-refractivity contribution in [3.63, 3.8) is 0 Å². The van der Waals surface area contributed by atoms with Crippen molar-refractivity contribution in [2.24, 2.45) is 5.11 Å². The van der Waals surface area contributed by atoms with Gasteiger partial charge in [-0.15, -0.1) is 18.3 Å². The molecule has 0 aliphatic rings. The molecule has 1 rings (SSSR count). The van der Waals surface area contributed by atoms with Gasteiger partial charge in [0.25, 0.3) is 0 Å². The van der Waals surface area contributed by atoms with Crippen molar-refractivity contribution < 1.29 is 122 Å². The highest BCUT2D eigenvalue weighted by atomic mass is 33.1. The van der Waals surface area contributed by atoms with E-state index in [4.69, 9.17) is 62.4 Å². The van der Waals surface area contributed by atoms with Gasteiger partial charge in [0.2, 0.25) is 0 Å². The summed E-state index contributed by atoms with van der Waals surface area (Å²) >= 11 is 3.56. The number of rotatable bonds is 51. The fourth-order valence-electron chi connectivity index (χ4n) is 5.77. The highest BCUT2D eigenvalue weighted by Crippen LogP contribution is 2.35. The predicted molar refractivity (Wildman–Crippen MR) is 631 cm³/mol. The van der Waals surface area contributed by atoms with E-state index in [-0.39, 0.29) is 43.9 Å². The van der Waals surface area contributed by atoms with Crippen molar-refractivity contribution >= 4 is 150 Å². The average Bonchev–Trinajstić information content (AvgIpc) is 0.960. The van der Waals surface area contributed by atoms with Crippen LogP contribution in [0.3, 0.4) is 0 Å². The molecule has 0 aliphatic carbocycles. The van der Waals surface area contributed by atoms with Gasteiger partial charge in [-0.2, -0.15) is 8.78 Å². The third-order valence-corrected chi connectivity index (χ3v) is 23.8. The Morgan fingerprint density at radius 2 is 0.746 bits per heavy atom. The molecule has 0 radical (unpaired) electrons. The van der Waals surface area contributed by atoms with Crippen molar-refractivity contribution in [3.8, 4) is 0 Å². The summed E-state index contributed by atoms with van der Waals surface area (Å²) in [4.78, 5) is 35.1. The molecule has 0 saturated heterocycles. The number of ether oxygens (including phenoxy) is 20. The van der Waals surface area contributed by atoms with Crippen LogP contribution in [0.15, 0.2) is 65.7 Å². The fourth-order valence-corrected chi connectivity index (χ4v) is 15.1. The number of benzene rings is 1. The van der Waals surface area contributed by atoms with Crippen LogP contribution in [-0.2, 0) is 94.7 Å². The van der Waals surface area contributed by atoms with Crippen molar-refractivity contribution in [1.82, 2.24) is 0 Å². The van der Waals surface area contributed by atoms with E-state index in [0.29, 0.717) is 108 Å². The lowest BCUT2D eigenvalue weighted by Gasteiger charge is -2.16. The van der Waals surface area contributed by atoms with Crippen LogP contribution in [0.25, 0.3) is 10.4 Å². The van der Waals surface area contributed by atoms with Crippen LogP contribution in [0.4, 0.5) is 27.6 Å². The molecule has 0 heterocycles. The number of hydrogen-bond donors (Lipinski definition) is 0. The van der Waals surface area contributed by atoms with E-state index in [1.807, 2.05) is 172 Å². The lowest BCUT2D eigenvalue weighted by molar-refractivity contribution is -0.242. The number of halogens is 3. The SMILES string of the molecule is C=CCOC(=O)OC(C)C.C=CCOC(C)C.CC(C)OC(C)(F)F.CC(C)OC(C)F.CC(C)OCN=[N+]=[N-].CC(C)OCSSC(C)(C)C.CC(C)OCSSC(C)C.CC(C)OCSc1ccccc1.CCOC(=O)OC(C)C.CCOC(=O)OC(C)C.CCOC(C)C.CCSC(C)OC(C)C.CCSSCOC(C)C.COC(C)C.COC(C)C.CSSC(C)OC(C)C.CSSCOC(C)C. The first kappa shape index (κ1) is 177. The first-order valence-electron chi connectivity index (χ1n) is 48.4.